The summed E-state index contributed by atoms with van der Waals surface area (Å²) in [6.45, 7) is 2.78. The van der Waals surface area contributed by atoms with E-state index in [1.807, 2.05) is 6.92 Å². The number of aliphatic hydroxyl groups excluding tert-OH is 1. The Morgan fingerprint density at radius 2 is 2.10 bits per heavy atom. The zero-order valence-electron chi connectivity index (χ0n) is 12.0. The molecule has 6 nitrogen and oxygen atoms in total. The average Bonchev–Trinajstić information content (AvgIpc) is 2.41. The molecule has 114 valence electrons. The molecule has 0 aromatic heterocycles. The van der Waals surface area contributed by atoms with Gasteiger partial charge >= 0.3 is 0 Å². The van der Waals surface area contributed by atoms with Gasteiger partial charge in [0.1, 0.15) is 6.61 Å². The van der Waals surface area contributed by atoms with Gasteiger partial charge in [0.25, 0.3) is 0 Å². The van der Waals surface area contributed by atoms with Gasteiger partial charge in [-0.2, -0.15) is 4.31 Å². The van der Waals surface area contributed by atoms with Gasteiger partial charge in [-0.25, -0.2) is 8.42 Å². The number of benzene rings is 1. The first kappa shape index (κ1) is 17.2. The van der Waals surface area contributed by atoms with Crippen molar-refractivity contribution >= 4 is 15.9 Å². The van der Waals surface area contributed by atoms with E-state index < -0.39 is 15.9 Å². The number of aryl methyl sites for hydroxylation is 1. The molecule has 1 amide bonds. The molecule has 0 aliphatic rings. The van der Waals surface area contributed by atoms with Crippen LogP contribution in [0.2, 0.25) is 0 Å². The zero-order valence-corrected chi connectivity index (χ0v) is 12.8. The van der Waals surface area contributed by atoms with Crippen LogP contribution in [0, 0.1) is 18.8 Å². The fourth-order valence-corrected chi connectivity index (χ4v) is 3.32. The number of primary amides is 1. The molecule has 0 unspecified atom stereocenters. The molecule has 1 aromatic rings. The Morgan fingerprint density at radius 3 is 2.62 bits per heavy atom. The van der Waals surface area contributed by atoms with Crippen LogP contribution in [0.3, 0.4) is 0 Å². The number of amides is 1. The van der Waals surface area contributed by atoms with Crippen molar-refractivity contribution in [2.45, 2.75) is 18.7 Å². The van der Waals surface area contributed by atoms with Crippen molar-refractivity contribution in [1.82, 2.24) is 4.31 Å². The lowest BCUT2D eigenvalue weighted by Gasteiger charge is -2.19. The second-order valence-electron chi connectivity index (χ2n) is 4.36. The van der Waals surface area contributed by atoms with Crippen LogP contribution < -0.4 is 5.73 Å². The van der Waals surface area contributed by atoms with Crippen LogP contribution in [0.4, 0.5) is 0 Å². The molecule has 1 rings (SSSR count). The van der Waals surface area contributed by atoms with Crippen LogP contribution in [0.1, 0.15) is 18.1 Å². The maximum Gasteiger partial charge on any atom is 0.244 e. The van der Waals surface area contributed by atoms with E-state index in [9.17, 15) is 13.2 Å². The monoisotopic (exact) mass is 310 g/mol. The Morgan fingerprint density at radius 1 is 1.43 bits per heavy atom. The summed E-state index contributed by atoms with van der Waals surface area (Å²) in [5.74, 6) is 4.33. The summed E-state index contributed by atoms with van der Waals surface area (Å²) in [6.07, 6.45) is 0. The molecule has 0 atom stereocenters. The quantitative estimate of drug-likeness (QED) is 0.738. The van der Waals surface area contributed by atoms with Crippen molar-refractivity contribution in [1.29, 1.82) is 0 Å². The molecule has 0 saturated heterocycles. The SMILES string of the molecule is CCN(CC(N)=O)S(=O)(=O)c1ccc(C)cc1C#CCO. The van der Waals surface area contributed by atoms with Gasteiger partial charge in [-0.1, -0.05) is 24.8 Å². The van der Waals surface area contributed by atoms with Gasteiger partial charge in [0.2, 0.25) is 15.9 Å². The van der Waals surface area contributed by atoms with Crippen molar-refractivity contribution in [3.05, 3.63) is 29.3 Å². The van der Waals surface area contributed by atoms with Gasteiger partial charge < -0.3 is 10.8 Å². The van der Waals surface area contributed by atoms with Crippen molar-refractivity contribution in [3.63, 3.8) is 0 Å². The summed E-state index contributed by atoms with van der Waals surface area (Å²) in [7, 11) is -3.88. The number of carbonyl (C=O) groups excluding carboxylic acids is 1. The van der Waals surface area contributed by atoms with Crippen LogP contribution in [-0.2, 0) is 14.8 Å². The maximum atomic E-state index is 12.6. The number of hydrogen-bond acceptors (Lipinski definition) is 4. The van der Waals surface area contributed by atoms with Crippen LogP contribution in [0.25, 0.3) is 0 Å². The largest absolute Gasteiger partial charge is 0.384 e. The number of sulfonamides is 1. The first-order valence-corrected chi connectivity index (χ1v) is 7.75. The van der Waals surface area contributed by atoms with Gasteiger partial charge in [-0.3, -0.25) is 4.79 Å². The van der Waals surface area contributed by atoms with E-state index in [1.165, 1.54) is 6.07 Å². The molecule has 3 N–H and O–H groups in total. The van der Waals surface area contributed by atoms with Crippen LogP contribution in [0.5, 0.6) is 0 Å². The van der Waals surface area contributed by atoms with E-state index >= 15 is 0 Å². The highest BCUT2D eigenvalue weighted by Gasteiger charge is 2.26. The van der Waals surface area contributed by atoms with Gasteiger partial charge in [0, 0.05) is 12.1 Å². The smallest absolute Gasteiger partial charge is 0.244 e. The number of rotatable bonds is 5. The van der Waals surface area contributed by atoms with Gasteiger partial charge in [-0.15, -0.1) is 0 Å². The van der Waals surface area contributed by atoms with E-state index in [-0.39, 0.29) is 30.2 Å². The number of hydrogen-bond donors (Lipinski definition) is 2. The summed E-state index contributed by atoms with van der Waals surface area (Å²) in [5, 5.41) is 8.77. The molecule has 0 bridgehead atoms. The van der Waals surface area contributed by atoms with Gasteiger partial charge in [0.05, 0.1) is 11.4 Å². The van der Waals surface area contributed by atoms with Gasteiger partial charge in [0.15, 0.2) is 0 Å². The van der Waals surface area contributed by atoms with E-state index in [4.69, 9.17) is 10.8 Å². The first-order chi connectivity index (χ1) is 9.82. The summed E-state index contributed by atoms with van der Waals surface area (Å²) < 4.78 is 26.2. The fraction of sp³-hybridized carbons (Fsp3) is 0.357. The van der Waals surface area contributed by atoms with Crippen molar-refractivity contribution in [2.24, 2.45) is 5.73 Å². The van der Waals surface area contributed by atoms with E-state index in [0.29, 0.717) is 0 Å². The number of likely N-dealkylation sites (N-methyl/N-ethyl adjacent to an activating group) is 1. The number of nitrogens with zero attached hydrogens (tertiary/aromatic N) is 1. The van der Waals surface area contributed by atoms with E-state index in [2.05, 4.69) is 11.8 Å². The third kappa shape index (κ3) is 4.29. The average molecular weight is 310 g/mol. The molecule has 1 aromatic carbocycles. The Kier molecular flexibility index (Phi) is 5.90. The predicted octanol–water partition coefficient (Wildman–Crippen LogP) is -0.165. The van der Waals surface area contributed by atoms with Crippen molar-refractivity contribution in [3.8, 4) is 11.8 Å². The molecule has 21 heavy (non-hydrogen) atoms. The Labute approximate surface area is 124 Å². The molecule has 0 saturated carbocycles. The van der Waals surface area contributed by atoms with Crippen LogP contribution >= 0.6 is 0 Å². The minimum atomic E-state index is -3.88. The van der Waals surface area contributed by atoms with E-state index in [0.717, 1.165) is 9.87 Å². The summed E-state index contributed by atoms with van der Waals surface area (Å²) in [6, 6.07) is 4.71. The first-order valence-electron chi connectivity index (χ1n) is 6.31. The van der Waals surface area contributed by atoms with Crippen LogP contribution in [-0.4, -0.2) is 43.4 Å². The Hall–Kier alpha value is -1.88. The highest BCUT2D eigenvalue weighted by atomic mass is 32.2. The highest BCUT2D eigenvalue weighted by molar-refractivity contribution is 7.89. The summed E-state index contributed by atoms with van der Waals surface area (Å²) in [4.78, 5) is 11.0. The van der Waals surface area contributed by atoms with E-state index in [1.54, 1.807) is 19.1 Å². The number of carbonyl (C=O) groups is 1. The minimum Gasteiger partial charge on any atom is -0.384 e. The fourth-order valence-electron chi connectivity index (χ4n) is 1.78. The molecule has 0 fully saturated rings. The Balaban J connectivity index is 3.39. The lowest BCUT2D eigenvalue weighted by Crippen LogP contribution is -2.38. The standard InChI is InChI=1S/C14H18N2O4S/c1-3-16(10-14(15)18)21(19,20)13-7-6-11(2)9-12(13)5-4-8-17/h6-7,9,17H,3,8,10H2,1-2H3,(H2,15,18). The zero-order chi connectivity index (χ0) is 16.0. The second kappa shape index (κ2) is 7.22. The predicted molar refractivity (Wildman–Crippen MR) is 78.8 cm³/mol. The summed E-state index contributed by atoms with van der Waals surface area (Å²) >= 11 is 0. The second-order valence-corrected chi connectivity index (χ2v) is 6.26. The maximum absolute atomic E-state index is 12.6. The van der Waals surface area contributed by atoms with Crippen LogP contribution in [0.15, 0.2) is 23.1 Å². The minimum absolute atomic E-state index is 0.00264. The third-order valence-electron chi connectivity index (χ3n) is 2.74. The summed E-state index contributed by atoms with van der Waals surface area (Å²) in [5.41, 5.74) is 6.21. The Bertz CT molecular complexity index is 687. The normalized spacial score (nSPS) is 11.0. The molecule has 0 radical (unpaired) electrons. The topological polar surface area (TPSA) is 101 Å². The molecule has 0 aliphatic heterocycles. The number of aliphatic hydroxyl groups is 1. The molecule has 0 aliphatic carbocycles. The number of nitrogens with two attached hydrogens (primary N) is 1. The highest BCUT2D eigenvalue weighted by Crippen LogP contribution is 2.21. The molecular formula is C14H18N2O4S. The van der Waals surface area contributed by atoms with Crippen molar-refractivity contribution in [2.75, 3.05) is 19.7 Å². The lowest BCUT2D eigenvalue weighted by molar-refractivity contribution is -0.118. The molecule has 0 spiro atoms. The van der Waals surface area contributed by atoms with Crippen molar-refractivity contribution < 1.29 is 18.3 Å². The molecule has 7 heteroatoms. The lowest BCUT2D eigenvalue weighted by atomic mass is 10.1. The molecule has 0 heterocycles. The van der Waals surface area contributed by atoms with Gasteiger partial charge in [-0.05, 0) is 24.6 Å². The third-order valence-corrected chi connectivity index (χ3v) is 4.72. The molecular weight excluding hydrogens is 292 g/mol.